The van der Waals surface area contributed by atoms with Gasteiger partial charge in [0.15, 0.2) is 17.3 Å². The first kappa shape index (κ1) is 26.4. The van der Waals surface area contributed by atoms with Crippen LogP contribution in [0.1, 0.15) is 46.6 Å². The quantitative estimate of drug-likeness (QED) is 0.311. The van der Waals surface area contributed by atoms with Crippen LogP contribution < -0.4 is 14.8 Å². The van der Waals surface area contributed by atoms with Crippen LogP contribution in [0.5, 0.6) is 11.5 Å². The molecule has 6 heteroatoms. The number of hydrogen-bond acceptors (Lipinski definition) is 6. The molecule has 33 heavy (non-hydrogen) atoms. The monoisotopic (exact) mass is 453 g/mol. The smallest absolute Gasteiger partial charge is 0.161 e. The fourth-order valence-corrected chi connectivity index (χ4v) is 3.85. The average molecular weight is 454 g/mol. The highest BCUT2D eigenvalue weighted by Crippen LogP contribution is 2.31. The zero-order valence-corrected chi connectivity index (χ0v) is 21.2. The molecule has 0 amide bonds. The number of aliphatic imine (C=N–C) groups is 1. The first-order valence-corrected chi connectivity index (χ1v) is 11.7. The van der Waals surface area contributed by atoms with Crippen LogP contribution in [0.15, 0.2) is 52.7 Å². The number of benzene rings is 1. The van der Waals surface area contributed by atoms with Crippen molar-refractivity contribution < 1.29 is 14.3 Å². The van der Waals surface area contributed by atoms with Crippen molar-refractivity contribution in [2.24, 2.45) is 10.9 Å². The lowest BCUT2D eigenvalue weighted by Crippen LogP contribution is -2.42. The van der Waals surface area contributed by atoms with E-state index in [1.165, 1.54) is 5.70 Å². The van der Waals surface area contributed by atoms with Crippen LogP contribution in [0.3, 0.4) is 0 Å². The average Bonchev–Trinajstić information content (AvgIpc) is 2.84. The van der Waals surface area contributed by atoms with Gasteiger partial charge in [-0.25, -0.2) is 0 Å². The second kappa shape index (κ2) is 13.0. The molecular formula is C27H39N3O3. The molecule has 1 fully saturated rings. The Kier molecular flexibility index (Phi) is 10.4. The second-order valence-electron chi connectivity index (χ2n) is 8.29. The third-order valence-electron chi connectivity index (χ3n) is 5.89. The van der Waals surface area contributed by atoms with Crippen molar-refractivity contribution in [2.45, 2.75) is 41.0 Å². The van der Waals surface area contributed by atoms with E-state index in [9.17, 15) is 4.79 Å². The molecular weight excluding hydrogens is 414 g/mol. The van der Waals surface area contributed by atoms with Crippen molar-refractivity contribution in [2.75, 3.05) is 40.4 Å². The van der Waals surface area contributed by atoms with Crippen LogP contribution in [-0.4, -0.2) is 56.8 Å². The summed E-state index contributed by atoms with van der Waals surface area (Å²) in [5, 5.41) is 3.41. The lowest BCUT2D eigenvalue weighted by Gasteiger charge is -2.30. The largest absolute Gasteiger partial charge is 0.493 e. The predicted molar refractivity (Wildman–Crippen MR) is 137 cm³/mol. The van der Waals surface area contributed by atoms with E-state index in [-0.39, 0.29) is 11.7 Å². The van der Waals surface area contributed by atoms with E-state index in [2.05, 4.69) is 50.1 Å². The van der Waals surface area contributed by atoms with Crippen molar-refractivity contribution in [1.29, 1.82) is 0 Å². The molecule has 1 aliphatic rings. The molecule has 0 spiro atoms. The number of ketones is 1. The molecule has 180 valence electrons. The number of methoxy groups -OCH3 is 2. The highest BCUT2D eigenvalue weighted by Gasteiger charge is 2.17. The van der Waals surface area contributed by atoms with E-state index in [4.69, 9.17) is 14.5 Å². The molecule has 0 saturated carbocycles. The summed E-state index contributed by atoms with van der Waals surface area (Å²) in [5.74, 6) is 1.42. The Hall–Kier alpha value is -2.86. The van der Waals surface area contributed by atoms with Crippen LogP contribution >= 0.6 is 0 Å². The van der Waals surface area contributed by atoms with E-state index in [1.54, 1.807) is 27.2 Å². The minimum atomic E-state index is -0.0522. The van der Waals surface area contributed by atoms with Crippen LogP contribution in [0, 0.1) is 5.92 Å². The summed E-state index contributed by atoms with van der Waals surface area (Å²) in [6.07, 6.45) is 6.91. The maximum atomic E-state index is 12.1. The van der Waals surface area contributed by atoms with Crippen molar-refractivity contribution in [1.82, 2.24) is 10.2 Å². The molecule has 1 heterocycles. The Balaban J connectivity index is 2.55. The summed E-state index contributed by atoms with van der Waals surface area (Å²) in [5.41, 5.74) is 4.72. The van der Waals surface area contributed by atoms with Gasteiger partial charge in [-0.1, -0.05) is 19.9 Å². The molecule has 0 aliphatic carbocycles. The number of nitrogens with zero attached hydrogens (tertiary/aromatic N) is 2. The molecule has 1 atom stereocenters. The number of ether oxygens (including phenoxy) is 2. The molecule has 0 bridgehead atoms. The third kappa shape index (κ3) is 7.32. The number of hydrogen-bond donors (Lipinski definition) is 1. The van der Waals surface area contributed by atoms with Gasteiger partial charge in [-0.05, 0) is 63.0 Å². The van der Waals surface area contributed by atoms with Crippen LogP contribution in [0.2, 0.25) is 0 Å². The van der Waals surface area contributed by atoms with E-state index in [0.717, 1.165) is 49.4 Å². The van der Waals surface area contributed by atoms with Crippen LogP contribution in [0.25, 0.3) is 5.70 Å². The van der Waals surface area contributed by atoms with Crippen LogP contribution in [-0.2, 0) is 4.79 Å². The minimum Gasteiger partial charge on any atom is -0.493 e. The normalized spacial score (nSPS) is 17.1. The minimum absolute atomic E-state index is 0.0522. The van der Waals surface area contributed by atoms with Gasteiger partial charge in [0.05, 0.1) is 19.9 Å². The summed E-state index contributed by atoms with van der Waals surface area (Å²) < 4.78 is 10.8. The zero-order chi connectivity index (χ0) is 24.4. The van der Waals surface area contributed by atoms with Gasteiger partial charge in [-0.15, -0.1) is 0 Å². The fourth-order valence-electron chi connectivity index (χ4n) is 3.85. The maximum Gasteiger partial charge on any atom is 0.161 e. The van der Waals surface area contributed by atoms with Gasteiger partial charge < -0.3 is 19.7 Å². The molecule has 1 aromatic rings. The van der Waals surface area contributed by atoms with E-state index < -0.39 is 0 Å². The van der Waals surface area contributed by atoms with Crippen molar-refractivity contribution in [3.63, 3.8) is 0 Å². The van der Waals surface area contributed by atoms with Gasteiger partial charge in [0.1, 0.15) is 0 Å². The Morgan fingerprint density at radius 2 is 1.82 bits per heavy atom. The maximum absolute atomic E-state index is 12.1. The highest BCUT2D eigenvalue weighted by atomic mass is 16.5. The topological polar surface area (TPSA) is 63.2 Å². The number of carbonyl (C=O) groups excluding carboxylic acids is 1. The summed E-state index contributed by atoms with van der Waals surface area (Å²) >= 11 is 0. The molecule has 1 aliphatic heterocycles. The van der Waals surface area contributed by atoms with Gasteiger partial charge >= 0.3 is 0 Å². The predicted octanol–water partition coefficient (Wildman–Crippen LogP) is 4.88. The van der Waals surface area contributed by atoms with E-state index in [0.29, 0.717) is 17.2 Å². The van der Waals surface area contributed by atoms with Crippen molar-refractivity contribution in [3.05, 3.63) is 53.3 Å². The Labute approximate surface area is 199 Å². The Morgan fingerprint density at radius 3 is 2.36 bits per heavy atom. The van der Waals surface area contributed by atoms with Gasteiger partial charge in [-0.3, -0.25) is 9.79 Å². The van der Waals surface area contributed by atoms with E-state index in [1.807, 2.05) is 18.2 Å². The Morgan fingerprint density at radius 1 is 1.15 bits per heavy atom. The SMILES string of the molecule is C\C=C(/C=C(C)\C(=N/C(=C\C(C)=O)c1ccc(OC)c(OC)c1)C(C)CC)N1CCNCC1. The molecule has 1 saturated heterocycles. The first-order valence-electron chi connectivity index (χ1n) is 11.7. The van der Waals surface area contributed by atoms with Gasteiger partial charge in [-0.2, -0.15) is 0 Å². The molecule has 1 unspecified atom stereocenters. The number of rotatable bonds is 10. The van der Waals surface area contributed by atoms with Crippen molar-refractivity contribution in [3.8, 4) is 11.5 Å². The number of carbonyl (C=O) groups is 1. The summed E-state index contributed by atoms with van der Waals surface area (Å²) in [6.45, 7) is 14.0. The highest BCUT2D eigenvalue weighted by molar-refractivity contribution is 6.06. The molecule has 0 aromatic heterocycles. The fraction of sp³-hybridized carbons (Fsp3) is 0.481. The van der Waals surface area contributed by atoms with E-state index >= 15 is 0 Å². The molecule has 2 rings (SSSR count). The second-order valence-corrected chi connectivity index (χ2v) is 8.29. The molecule has 0 radical (unpaired) electrons. The molecule has 6 nitrogen and oxygen atoms in total. The Bertz CT molecular complexity index is 938. The first-order chi connectivity index (χ1) is 15.8. The summed E-state index contributed by atoms with van der Waals surface area (Å²) in [6, 6.07) is 5.61. The number of allylic oxidation sites excluding steroid dienone is 4. The van der Waals surface area contributed by atoms with Crippen molar-refractivity contribution >= 4 is 17.2 Å². The summed E-state index contributed by atoms with van der Waals surface area (Å²) in [4.78, 5) is 19.5. The van der Waals surface area contributed by atoms with Gasteiger partial charge in [0.2, 0.25) is 0 Å². The van der Waals surface area contributed by atoms with Crippen LogP contribution in [0.4, 0.5) is 0 Å². The van der Waals surface area contributed by atoms with Gasteiger partial charge in [0, 0.05) is 49.2 Å². The number of piperazine rings is 1. The zero-order valence-electron chi connectivity index (χ0n) is 21.2. The number of nitrogens with one attached hydrogen (secondary N) is 1. The standard InChI is InChI=1S/C27H39N3O3/c1-8-19(3)27(20(4)16-23(9-2)30-14-12-28-13-15-30)29-24(17-21(5)31)22-10-11-25(32-6)26(18-22)33-7/h9-11,16-19,28H,8,12-15H2,1-7H3/b20-16-,23-9+,24-17-,29-27-. The molecule has 1 N–H and O–H groups in total. The lowest BCUT2D eigenvalue weighted by atomic mass is 9.95. The third-order valence-corrected chi connectivity index (χ3v) is 5.89. The lowest BCUT2D eigenvalue weighted by molar-refractivity contribution is -0.112. The van der Waals surface area contributed by atoms with Gasteiger partial charge in [0.25, 0.3) is 0 Å². The summed E-state index contributed by atoms with van der Waals surface area (Å²) in [7, 11) is 3.21. The molecule has 1 aromatic carbocycles.